The molecule has 0 aromatic heterocycles. The second-order valence-electron chi connectivity index (χ2n) is 7.77. The van der Waals surface area contributed by atoms with Crippen LogP contribution in [0.1, 0.15) is 40.5 Å². The summed E-state index contributed by atoms with van der Waals surface area (Å²) >= 11 is 0. The Kier molecular flexibility index (Phi) is 9.36. The molecule has 25 heavy (non-hydrogen) atoms. The van der Waals surface area contributed by atoms with Gasteiger partial charge in [-0.05, 0) is 40.7 Å². The van der Waals surface area contributed by atoms with Gasteiger partial charge in [0.2, 0.25) is 11.8 Å². The van der Waals surface area contributed by atoms with Crippen LogP contribution in [0.2, 0.25) is 0 Å². The third kappa shape index (κ3) is 7.48. The summed E-state index contributed by atoms with van der Waals surface area (Å²) in [5.41, 5.74) is -1.57. The van der Waals surface area contributed by atoms with Gasteiger partial charge in [0.1, 0.15) is 0 Å². The SMILES string of the molecule is COC(C)(C)CNC(=O)CC1(C(=O)NCC(C)(C)OC)CCNC1.Cl. The molecule has 1 aliphatic rings. The molecule has 1 unspecified atom stereocenters. The molecule has 1 atom stereocenters. The fourth-order valence-corrected chi connectivity index (χ4v) is 2.47. The molecule has 0 radical (unpaired) electrons. The Morgan fingerprint density at radius 3 is 2.00 bits per heavy atom. The molecule has 0 aromatic rings. The van der Waals surface area contributed by atoms with E-state index in [1.54, 1.807) is 14.2 Å². The molecule has 2 amide bonds. The van der Waals surface area contributed by atoms with Gasteiger partial charge < -0.3 is 25.4 Å². The maximum Gasteiger partial charge on any atom is 0.228 e. The predicted octanol–water partition coefficient (Wildman–Crippen LogP) is 0.860. The van der Waals surface area contributed by atoms with Crippen LogP contribution in [0.25, 0.3) is 0 Å². The van der Waals surface area contributed by atoms with Crippen LogP contribution in [0.15, 0.2) is 0 Å². The molecule has 1 heterocycles. The van der Waals surface area contributed by atoms with Crippen LogP contribution >= 0.6 is 12.4 Å². The van der Waals surface area contributed by atoms with E-state index in [0.717, 1.165) is 6.54 Å². The van der Waals surface area contributed by atoms with Gasteiger partial charge in [0.15, 0.2) is 0 Å². The first-order valence-corrected chi connectivity index (χ1v) is 8.42. The van der Waals surface area contributed by atoms with Crippen LogP contribution < -0.4 is 16.0 Å². The van der Waals surface area contributed by atoms with Gasteiger partial charge >= 0.3 is 0 Å². The van der Waals surface area contributed by atoms with Crippen LogP contribution in [0.5, 0.6) is 0 Å². The molecule has 148 valence electrons. The smallest absolute Gasteiger partial charge is 0.228 e. The van der Waals surface area contributed by atoms with Gasteiger partial charge in [0, 0.05) is 40.3 Å². The monoisotopic (exact) mass is 379 g/mol. The first-order chi connectivity index (χ1) is 11.1. The molecule has 3 N–H and O–H groups in total. The van der Waals surface area contributed by atoms with Crippen molar-refractivity contribution in [3.05, 3.63) is 0 Å². The van der Waals surface area contributed by atoms with Crippen molar-refractivity contribution < 1.29 is 19.1 Å². The summed E-state index contributed by atoms with van der Waals surface area (Å²) in [7, 11) is 3.23. The number of halogens is 1. The highest BCUT2D eigenvalue weighted by Crippen LogP contribution is 2.30. The number of carbonyl (C=O) groups excluding carboxylic acids is 2. The third-order valence-corrected chi connectivity index (χ3v) is 4.72. The van der Waals surface area contributed by atoms with Gasteiger partial charge in [0.05, 0.1) is 16.6 Å². The zero-order valence-electron chi connectivity index (χ0n) is 16.3. The van der Waals surface area contributed by atoms with Crippen molar-refractivity contribution in [1.29, 1.82) is 0 Å². The van der Waals surface area contributed by atoms with E-state index < -0.39 is 16.6 Å². The average Bonchev–Trinajstić information content (AvgIpc) is 3.00. The summed E-state index contributed by atoms with van der Waals surface area (Å²) < 4.78 is 10.6. The molecule has 1 aliphatic heterocycles. The molecule has 0 aromatic carbocycles. The van der Waals surface area contributed by atoms with Gasteiger partial charge in [-0.25, -0.2) is 0 Å². The standard InChI is InChI=1S/C17H33N3O4.ClH/c1-15(2,23-5)10-19-13(21)9-17(7-8-18-12-17)14(22)20-11-16(3,4)24-6;/h18H,7-12H2,1-6H3,(H,19,21)(H,20,22);1H. The summed E-state index contributed by atoms with van der Waals surface area (Å²) in [5.74, 6) is -0.233. The summed E-state index contributed by atoms with van der Waals surface area (Å²) in [6.07, 6.45) is 0.812. The number of nitrogens with one attached hydrogen (secondary N) is 3. The Labute approximate surface area is 157 Å². The lowest BCUT2D eigenvalue weighted by Crippen LogP contribution is -2.50. The number of hydrogen-bond donors (Lipinski definition) is 3. The molecule has 1 rings (SSSR count). The number of methoxy groups -OCH3 is 2. The van der Waals surface area contributed by atoms with Crippen molar-refractivity contribution in [2.24, 2.45) is 5.41 Å². The normalized spacial score (nSPS) is 20.7. The minimum Gasteiger partial charge on any atom is -0.377 e. The van der Waals surface area contributed by atoms with E-state index in [-0.39, 0.29) is 30.6 Å². The summed E-state index contributed by atoms with van der Waals surface area (Å²) in [6, 6.07) is 0. The Hall–Kier alpha value is -0.890. The van der Waals surface area contributed by atoms with Crippen LogP contribution in [0.3, 0.4) is 0 Å². The van der Waals surface area contributed by atoms with Crippen LogP contribution in [0, 0.1) is 5.41 Å². The van der Waals surface area contributed by atoms with Gasteiger partial charge in [-0.15, -0.1) is 12.4 Å². The van der Waals surface area contributed by atoms with Crippen molar-refractivity contribution in [3.63, 3.8) is 0 Å². The maximum absolute atomic E-state index is 12.7. The van der Waals surface area contributed by atoms with Crippen LogP contribution in [-0.4, -0.2) is 63.4 Å². The highest BCUT2D eigenvalue weighted by Gasteiger charge is 2.43. The third-order valence-electron chi connectivity index (χ3n) is 4.72. The minimum absolute atomic E-state index is 0. The van der Waals surface area contributed by atoms with Gasteiger partial charge in [-0.1, -0.05) is 0 Å². The highest BCUT2D eigenvalue weighted by molar-refractivity contribution is 5.89. The molecular weight excluding hydrogens is 346 g/mol. The number of rotatable bonds is 9. The van der Waals surface area contributed by atoms with E-state index in [2.05, 4.69) is 16.0 Å². The topological polar surface area (TPSA) is 88.7 Å². The lowest BCUT2D eigenvalue weighted by atomic mass is 9.82. The molecule has 0 saturated carbocycles. The summed E-state index contributed by atoms with van der Waals surface area (Å²) in [6.45, 7) is 9.68. The first kappa shape index (κ1) is 24.1. The minimum atomic E-state index is -0.703. The number of ether oxygens (including phenoxy) is 2. The van der Waals surface area contributed by atoms with E-state index in [4.69, 9.17) is 9.47 Å². The maximum atomic E-state index is 12.7. The lowest BCUT2D eigenvalue weighted by Gasteiger charge is -2.30. The molecule has 0 spiro atoms. The molecule has 1 saturated heterocycles. The van der Waals surface area contributed by atoms with Gasteiger partial charge in [-0.3, -0.25) is 9.59 Å². The van der Waals surface area contributed by atoms with E-state index in [1.165, 1.54) is 0 Å². The fraction of sp³-hybridized carbons (Fsp3) is 0.882. The second kappa shape index (κ2) is 9.71. The van der Waals surface area contributed by atoms with Crippen molar-refractivity contribution >= 4 is 24.2 Å². The molecule has 0 bridgehead atoms. The molecular formula is C17H34ClN3O4. The molecule has 1 fully saturated rings. The van der Waals surface area contributed by atoms with Gasteiger partial charge in [0.25, 0.3) is 0 Å². The van der Waals surface area contributed by atoms with Crippen molar-refractivity contribution in [2.75, 3.05) is 40.4 Å². The zero-order valence-corrected chi connectivity index (χ0v) is 17.1. The first-order valence-electron chi connectivity index (χ1n) is 8.42. The molecule has 7 nitrogen and oxygen atoms in total. The van der Waals surface area contributed by atoms with Crippen molar-refractivity contribution in [1.82, 2.24) is 16.0 Å². The highest BCUT2D eigenvalue weighted by atomic mass is 35.5. The Bertz CT molecular complexity index is 449. The van der Waals surface area contributed by atoms with E-state index >= 15 is 0 Å². The van der Waals surface area contributed by atoms with E-state index in [0.29, 0.717) is 26.1 Å². The summed E-state index contributed by atoms with van der Waals surface area (Å²) in [4.78, 5) is 25.0. The average molecular weight is 380 g/mol. The van der Waals surface area contributed by atoms with E-state index in [9.17, 15) is 9.59 Å². The second-order valence-corrected chi connectivity index (χ2v) is 7.77. The lowest BCUT2D eigenvalue weighted by molar-refractivity contribution is -0.136. The van der Waals surface area contributed by atoms with E-state index in [1.807, 2.05) is 27.7 Å². The Balaban J connectivity index is 0.00000576. The molecule has 8 heteroatoms. The van der Waals surface area contributed by atoms with Crippen molar-refractivity contribution in [3.8, 4) is 0 Å². The van der Waals surface area contributed by atoms with Crippen LogP contribution in [0.4, 0.5) is 0 Å². The zero-order chi connectivity index (χ0) is 18.4. The Morgan fingerprint density at radius 1 is 1.04 bits per heavy atom. The fourth-order valence-electron chi connectivity index (χ4n) is 2.47. The Morgan fingerprint density at radius 2 is 1.56 bits per heavy atom. The largest absolute Gasteiger partial charge is 0.377 e. The predicted molar refractivity (Wildman–Crippen MR) is 100.0 cm³/mol. The number of carbonyl (C=O) groups is 2. The van der Waals surface area contributed by atoms with Gasteiger partial charge in [-0.2, -0.15) is 0 Å². The van der Waals surface area contributed by atoms with Crippen LogP contribution in [-0.2, 0) is 19.1 Å². The summed E-state index contributed by atoms with van der Waals surface area (Å²) in [5, 5.41) is 9.00. The number of hydrogen-bond acceptors (Lipinski definition) is 5. The number of amides is 2. The quantitative estimate of drug-likeness (QED) is 0.553. The molecule has 0 aliphatic carbocycles. The van der Waals surface area contributed by atoms with Crippen molar-refractivity contribution in [2.45, 2.75) is 51.7 Å².